The van der Waals surface area contributed by atoms with E-state index < -0.39 is 18.6 Å². The molecule has 1 amide bonds. The molecular formula is C12H14FN5O2. The van der Waals surface area contributed by atoms with Crippen molar-refractivity contribution in [2.24, 2.45) is 5.73 Å². The molecule has 0 saturated heterocycles. The summed E-state index contributed by atoms with van der Waals surface area (Å²) in [6.45, 7) is -0.0508. The smallest absolute Gasteiger partial charge is 0.244 e. The van der Waals surface area contributed by atoms with Crippen LogP contribution >= 0.6 is 0 Å². The monoisotopic (exact) mass is 279 g/mol. The number of amides is 1. The summed E-state index contributed by atoms with van der Waals surface area (Å²) in [6.07, 6.45) is 1.52. The molecule has 1 aromatic heterocycles. The second kappa shape index (κ2) is 6.22. The fraction of sp³-hybridized carbons (Fsp3) is 0.250. The Hall–Kier alpha value is -2.32. The lowest BCUT2D eigenvalue weighted by Crippen LogP contribution is -2.38. The van der Waals surface area contributed by atoms with Crippen molar-refractivity contribution < 1.29 is 14.3 Å². The SMILES string of the molecule is N[C@@H](CO)C(=O)Nc1cn(Cc2ccc(F)cc2)nn1. The minimum atomic E-state index is -1.00. The third-order valence-electron chi connectivity index (χ3n) is 2.58. The average Bonchev–Trinajstić information content (AvgIpc) is 2.87. The standard InChI is InChI=1S/C12H14FN5O2/c13-9-3-1-8(2-4-9)5-18-6-11(16-17-18)15-12(20)10(14)7-19/h1-4,6,10,19H,5,7,14H2,(H,15,20)/t10-/m0/s1. The number of rotatable bonds is 5. The average molecular weight is 279 g/mol. The number of halogens is 1. The third-order valence-corrected chi connectivity index (χ3v) is 2.58. The second-order valence-corrected chi connectivity index (χ2v) is 4.21. The van der Waals surface area contributed by atoms with Gasteiger partial charge < -0.3 is 16.2 Å². The van der Waals surface area contributed by atoms with E-state index in [1.165, 1.54) is 23.0 Å². The van der Waals surface area contributed by atoms with Gasteiger partial charge in [0.2, 0.25) is 5.91 Å². The van der Waals surface area contributed by atoms with E-state index in [1.54, 1.807) is 12.1 Å². The van der Waals surface area contributed by atoms with E-state index in [0.717, 1.165) is 5.56 Å². The van der Waals surface area contributed by atoms with Crippen molar-refractivity contribution >= 4 is 11.7 Å². The summed E-state index contributed by atoms with van der Waals surface area (Å²) in [5.74, 6) is -0.611. The highest BCUT2D eigenvalue weighted by Gasteiger charge is 2.13. The Balaban J connectivity index is 1.98. The predicted octanol–water partition coefficient (Wildman–Crippen LogP) is -0.276. The third kappa shape index (κ3) is 3.59. The van der Waals surface area contributed by atoms with Gasteiger partial charge in [-0.05, 0) is 17.7 Å². The summed E-state index contributed by atoms with van der Waals surface area (Å²) in [5, 5.41) is 18.8. The second-order valence-electron chi connectivity index (χ2n) is 4.21. The van der Waals surface area contributed by atoms with Crippen LogP contribution in [0.5, 0.6) is 0 Å². The van der Waals surface area contributed by atoms with Crippen LogP contribution in [-0.4, -0.2) is 38.7 Å². The highest BCUT2D eigenvalue weighted by Crippen LogP contribution is 2.07. The minimum absolute atomic E-state index is 0.237. The number of nitrogens with zero attached hydrogens (tertiary/aromatic N) is 3. The topological polar surface area (TPSA) is 106 Å². The molecule has 0 aliphatic carbocycles. The zero-order valence-corrected chi connectivity index (χ0v) is 10.5. The van der Waals surface area contributed by atoms with Crippen LogP contribution < -0.4 is 11.1 Å². The molecular weight excluding hydrogens is 265 g/mol. The van der Waals surface area contributed by atoms with E-state index in [1.807, 2.05) is 0 Å². The Kier molecular flexibility index (Phi) is 4.38. The Labute approximate surface area is 114 Å². The van der Waals surface area contributed by atoms with Crippen LogP contribution in [0.15, 0.2) is 30.5 Å². The van der Waals surface area contributed by atoms with Gasteiger partial charge >= 0.3 is 0 Å². The van der Waals surface area contributed by atoms with Crippen LogP contribution in [0.2, 0.25) is 0 Å². The largest absolute Gasteiger partial charge is 0.394 e. The zero-order chi connectivity index (χ0) is 14.5. The van der Waals surface area contributed by atoms with Gasteiger partial charge in [0.05, 0.1) is 19.3 Å². The van der Waals surface area contributed by atoms with Crippen molar-refractivity contribution in [1.29, 1.82) is 0 Å². The molecule has 0 aliphatic heterocycles. The van der Waals surface area contributed by atoms with Gasteiger partial charge in [-0.2, -0.15) is 0 Å². The molecule has 0 bridgehead atoms. The number of nitrogens with two attached hydrogens (primary N) is 1. The van der Waals surface area contributed by atoms with Crippen molar-refractivity contribution in [1.82, 2.24) is 15.0 Å². The molecule has 0 radical (unpaired) electrons. The van der Waals surface area contributed by atoms with E-state index in [4.69, 9.17) is 10.8 Å². The quantitative estimate of drug-likeness (QED) is 0.698. The molecule has 7 nitrogen and oxygen atoms in total. The Morgan fingerprint density at radius 3 is 2.80 bits per heavy atom. The lowest BCUT2D eigenvalue weighted by molar-refractivity contribution is -0.118. The van der Waals surface area contributed by atoms with Gasteiger partial charge in [-0.15, -0.1) is 5.10 Å². The molecule has 8 heteroatoms. The Morgan fingerprint density at radius 1 is 1.45 bits per heavy atom. The maximum absolute atomic E-state index is 12.8. The first-order valence-electron chi connectivity index (χ1n) is 5.90. The molecule has 4 N–H and O–H groups in total. The highest BCUT2D eigenvalue weighted by molar-refractivity contribution is 5.93. The molecule has 106 valence electrons. The van der Waals surface area contributed by atoms with Crippen LogP contribution in [0.25, 0.3) is 0 Å². The number of carbonyl (C=O) groups excluding carboxylic acids is 1. The van der Waals surface area contributed by atoms with E-state index >= 15 is 0 Å². The van der Waals surface area contributed by atoms with Gasteiger partial charge in [0, 0.05) is 0 Å². The molecule has 1 heterocycles. The van der Waals surface area contributed by atoms with E-state index in [2.05, 4.69) is 15.6 Å². The van der Waals surface area contributed by atoms with E-state index in [9.17, 15) is 9.18 Å². The normalized spacial score (nSPS) is 12.2. The van der Waals surface area contributed by atoms with Gasteiger partial charge in [-0.25, -0.2) is 9.07 Å². The fourth-order valence-corrected chi connectivity index (χ4v) is 1.51. The lowest BCUT2D eigenvalue weighted by Gasteiger charge is -2.06. The van der Waals surface area contributed by atoms with Crippen LogP contribution in [0.1, 0.15) is 5.56 Å². The van der Waals surface area contributed by atoms with Crippen LogP contribution in [-0.2, 0) is 11.3 Å². The number of hydrogen-bond donors (Lipinski definition) is 3. The van der Waals surface area contributed by atoms with Gasteiger partial charge in [0.25, 0.3) is 0 Å². The summed E-state index contributed by atoms with van der Waals surface area (Å²) in [6, 6.07) is 4.98. The molecule has 0 fully saturated rings. The fourth-order valence-electron chi connectivity index (χ4n) is 1.51. The molecule has 0 unspecified atom stereocenters. The van der Waals surface area contributed by atoms with Gasteiger partial charge in [0.1, 0.15) is 11.9 Å². The minimum Gasteiger partial charge on any atom is -0.394 e. The van der Waals surface area contributed by atoms with Crippen LogP contribution in [0.3, 0.4) is 0 Å². The molecule has 20 heavy (non-hydrogen) atoms. The number of nitrogens with one attached hydrogen (secondary N) is 1. The maximum Gasteiger partial charge on any atom is 0.244 e. The molecule has 1 aromatic carbocycles. The molecule has 2 rings (SSSR count). The van der Waals surface area contributed by atoms with E-state index in [0.29, 0.717) is 6.54 Å². The highest BCUT2D eigenvalue weighted by atomic mass is 19.1. The summed E-state index contributed by atoms with van der Waals surface area (Å²) in [7, 11) is 0. The van der Waals surface area contributed by atoms with Gasteiger partial charge in [-0.1, -0.05) is 17.3 Å². The molecule has 2 aromatic rings. The first-order chi connectivity index (χ1) is 9.58. The first-order valence-corrected chi connectivity index (χ1v) is 5.90. The number of aromatic nitrogens is 3. The summed E-state index contributed by atoms with van der Waals surface area (Å²) >= 11 is 0. The van der Waals surface area contributed by atoms with Crippen LogP contribution in [0.4, 0.5) is 10.2 Å². The molecule has 0 spiro atoms. The number of aliphatic hydroxyl groups excluding tert-OH is 1. The summed E-state index contributed by atoms with van der Waals surface area (Å²) in [5.41, 5.74) is 6.20. The number of aliphatic hydroxyl groups is 1. The predicted molar refractivity (Wildman–Crippen MR) is 69.2 cm³/mol. The Bertz CT molecular complexity index is 584. The Morgan fingerprint density at radius 2 is 2.15 bits per heavy atom. The van der Waals surface area contributed by atoms with Crippen molar-refractivity contribution in [3.63, 3.8) is 0 Å². The first kappa shape index (κ1) is 14.1. The molecule has 0 aliphatic rings. The molecule has 0 saturated carbocycles. The number of hydrogen-bond acceptors (Lipinski definition) is 5. The van der Waals surface area contributed by atoms with Crippen molar-refractivity contribution in [2.45, 2.75) is 12.6 Å². The van der Waals surface area contributed by atoms with Crippen molar-refractivity contribution in [2.75, 3.05) is 11.9 Å². The summed E-state index contributed by atoms with van der Waals surface area (Å²) < 4.78 is 14.3. The zero-order valence-electron chi connectivity index (χ0n) is 10.5. The van der Waals surface area contributed by atoms with Crippen molar-refractivity contribution in [3.8, 4) is 0 Å². The number of carbonyl (C=O) groups is 1. The number of benzene rings is 1. The molecule has 1 atom stereocenters. The number of anilines is 1. The van der Waals surface area contributed by atoms with Crippen molar-refractivity contribution in [3.05, 3.63) is 41.8 Å². The van der Waals surface area contributed by atoms with Crippen LogP contribution in [0, 0.1) is 5.82 Å². The summed E-state index contributed by atoms with van der Waals surface area (Å²) in [4.78, 5) is 11.4. The van der Waals surface area contributed by atoms with Gasteiger partial charge in [-0.3, -0.25) is 4.79 Å². The van der Waals surface area contributed by atoms with Gasteiger partial charge in [0.15, 0.2) is 5.82 Å². The maximum atomic E-state index is 12.8. The lowest BCUT2D eigenvalue weighted by atomic mass is 10.2. The van der Waals surface area contributed by atoms with E-state index in [-0.39, 0.29) is 11.6 Å².